The van der Waals surface area contributed by atoms with Gasteiger partial charge < -0.3 is 29.4 Å². The van der Waals surface area contributed by atoms with Gasteiger partial charge in [0.15, 0.2) is 11.5 Å². The minimum Gasteiger partial charge on any atom is -0.458 e. The van der Waals surface area contributed by atoms with Crippen LogP contribution in [0.25, 0.3) is 0 Å². The summed E-state index contributed by atoms with van der Waals surface area (Å²) in [4.78, 5) is 49.6. The molecule has 0 amide bonds. The Morgan fingerprint density at radius 2 is 1.24 bits per heavy atom. The normalized spacial score (nSPS) is 13.2. The molecule has 0 saturated heterocycles. The van der Waals surface area contributed by atoms with Gasteiger partial charge in [0.05, 0.1) is 0 Å². The van der Waals surface area contributed by atoms with Gasteiger partial charge in [0.25, 0.3) is 0 Å². The van der Waals surface area contributed by atoms with Gasteiger partial charge in [0, 0.05) is 12.8 Å². The number of para-hydroxylation sites is 1. The number of hydrogen-bond acceptors (Lipinski definition) is 10. The molecule has 0 saturated carbocycles. The van der Waals surface area contributed by atoms with Crippen molar-refractivity contribution in [1.82, 2.24) is 0 Å². The number of rotatable bonds is 15. The largest absolute Gasteiger partial charge is 0.514 e. The number of ether oxygens (including phenoxy) is 5. The molecule has 230 valence electrons. The van der Waals surface area contributed by atoms with Gasteiger partial charge >= 0.3 is 24.1 Å². The molecule has 2 aromatic carbocycles. The van der Waals surface area contributed by atoms with Crippen molar-refractivity contribution in [3.8, 4) is 17.2 Å². The molecule has 0 spiro atoms. The summed E-state index contributed by atoms with van der Waals surface area (Å²) in [6.45, 7) is 11.2. The number of benzene rings is 2. The topological polar surface area (TPSA) is 140 Å². The van der Waals surface area contributed by atoms with Gasteiger partial charge in [-0.3, -0.25) is 14.4 Å². The first-order valence-electron chi connectivity index (χ1n) is 14.3. The van der Waals surface area contributed by atoms with E-state index in [-0.39, 0.29) is 30.8 Å². The second-order valence-electron chi connectivity index (χ2n) is 11.0. The molecule has 0 aliphatic carbocycles. The van der Waals surface area contributed by atoms with Crippen molar-refractivity contribution in [2.45, 2.75) is 91.9 Å². The van der Waals surface area contributed by atoms with E-state index in [2.05, 4.69) is 0 Å². The highest BCUT2D eigenvalue weighted by Crippen LogP contribution is 2.30. The van der Waals surface area contributed by atoms with E-state index >= 15 is 0 Å². The highest BCUT2D eigenvalue weighted by molar-refractivity contribution is 5.77. The van der Waals surface area contributed by atoms with Gasteiger partial charge in [0.1, 0.15) is 24.0 Å². The lowest BCUT2D eigenvalue weighted by atomic mass is 10.1. The van der Waals surface area contributed by atoms with Gasteiger partial charge in [-0.25, -0.2) is 4.79 Å². The quantitative estimate of drug-likeness (QED) is 0.155. The molecule has 0 fully saturated rings. The fraction of sp³-hybridized carbons (Fsp3) is 0.500. The standard InChI is InChI=1S/C32H43NO9/c1-20(2)12-16-29(34)41-27-15-14-24(19-28(27)42-30(35)17-13-21(3)4)18-26(33)31(36)38-22(5)23(6)39-32(37)40-25-10-8-7-9-11-25/h7-11,14-15,19-23,26H,12-13,16-18,33H2,1-6H3/t22-,23-,26-/m0/s1. The fourth-order valence-corrected chi connectivity index (χ4v) is 3.56. The van der Waals surface area contributed by atoms with Crippen molar-refractivity contribution < 1.29 is 42.9 Å². The van der Waals surface area contributed by atoms with Crippen LogP contribution >= 0.6 is 0 Å². The number of nitrogens with two attached hydrogens (primary N) is 1. The van der Waals surface area contributed by atoms with Gasteiger partial charge in [0.2, 0.25) is 0 Å². The number of carbonyl (C=O) groups is 4. The molecule has 2 aromatic rings. The zero-order valence-electron chi connectivity index (χ0n) is 25.3. The molecule has 2 N–H and O–H groups in total. The maximum Gasteiger partial charge on any atom is 0.514 e. The molecule has 42 heavy (non-hydrogen) atoms. The highest BCUT2D eigenvalue weighted by Gasteiger charge is 2.25. The Labute approximate surface area is 247 Å². The van der Waals surface area contributed by atoms with E-state index in [4.69, 9.17) is 29.4 Å². The average molecular weight is 586 g/mol. The van der Waals surface area contributed by atoms with Crippen molar-refractivity contribution in [2.75, 3.05) is 0 Å². The molecule has 10 heteroatoms. The molecule has 3 atom stereocenters. The molecule has 0 unspecified atom stereocenters. The lowest BCUT2D eigenvalue weighted by molar-refractivity contribution is -0.155. The predicted octanol–water partition coefficient (Wildman–Crippen LogP) is 5.78. The molecule has 2 rings (SSSR count). The molecule has 0 aliphatic heterocycles. The third-order valence-electron chi connectivity index (χ3n) is 6.26. The van der Waals surface area contributed by atoms with E-state index < -0.39 is 42.3 Å². The van der Waals surface area contributed by atoms with E-state index in [0.29, 0.717) is 36.0 Å². The molecule has 0 heterocycles. The smallest absolute Gasteiger partial charge is 0.458 e. The lowest BCUT2D eigenvalue weighted by Gasteiger charge is -2.22. The Morgan fingerprint density at radius 1 is 0.690 bits per heavy atom. The zero-order valence-corrected chi connectivity index (χ0v) is 25.3. The van der Waals surface area contributed by atoms with Crippen LogP contribution in [0.4, 0.5) is 4.79 Å². The van der Waals surface area contributed by atoms with Crippen molar-refractivity contribution in [3.05, 3.63) is 54.1 Å². The maximum atomic E-state index is 12.7. The van der Waals surface area contributed by atoms with Crippen LogP contribution in [-0.2, 0) is 30.3 Å². The Kier molecular flexibility index (Phi) is 14.0. The van der Waals surface area contributed by atoms with Crippen molar-refractivity contribution in [3.63, 3.8) is 0 Å². The summed E-state index contributed by atoms with van der Waals surface area (Å²) < 4.78 is 26.8. The van der Waals surface area contributed by atoms with Gasteiger partial charge in [-0.05, 0) is 74.8 Å². The molecule has 10 nitrogen and oxygen atoms in total. The van der Waals surface area contributed by atoms with Crippen molar-refractivity contribution in [2.24, 2.45) is 17.6 Å². The fourth-order valence-electron chi connectivity index (χ4n) is 3.56. The average Bonchev–Trinajstić information content (AvgIpc) is 2.92. The predicted molar refractivity (Wildman–Crippen MR) is 156 cm³/mol. The summed E-state index contributed by atoms with van der Waals surface area (Å²) in [5.41, 5.74) is 6.69. The van der Waals surface area contributed by atoms with Crippen LogP contribution in [0.1, 0.15) is 72.8 Å². The number of esters is 3. The molecule has 0 bridgehead atoms. The monoisotopic (exact) mass is 585 g/mol. The van der Waals surface area contributed by atoms with Crippen molar-refractivity contribution in [1.29, 1.82) is 0 Å². The van der Waals surface area contributed by atoms with Gasteiger partial charge in [-0.2, -0.15) is 0 Å². The first-order valence-corrected chi connectivity index (χ1v) is 14.3. The van der Waals surface area contributed by atoms with E-state index in [1.54, 1.807) is 50.2 Å². The summed E-state index contributed by atoms with van der Waals surface area (Å²) in [6.07, 6.45) is -0.768. The second-order valence-corrected chi connectivity index (χ2v) is 11.0. The zero-order chi connectivity index (χ0) is 31.2. The van der Waals surface area contributed by atoms with Crippen molar-refractivity contribution >= 4 is 24.1 Å². The van der Waals surface area contributed by atoms with Crippen LogP contribution in [0.15, 0.2) is 48.5 Å². The van der Waals surface area contributed by atoms with Crippen LogP contribution in [-0.4, -0.2) is 42.3 Å². The Bertz CT molecular complexity index is 1180. The number of hydrogen-bond donors (Lipinski definition) is 1. The maximum absolute atomic E-state index is 12.7. The van der Waals surface area contributed by atoms with Crippen LogP contribution in [0, 0.1) is 11.8 Å². The molecular formula is C32H43NO9. The van der Waals surface area contributed by atoms with E-state index in [0.717, 1.165) is 0 Å². The Balaban J connectivity index is 2.02. The van der Waals surface area contributed by atoms with Crippen LogP contribution in [0.2, 0.25) is 0 Å². The van der Waals surface area contributed by atoms with E-state index in [1.165, 1.54) is 12.1 Å². The molecule has 0 aromatic heterocycles. The summed E-state index contributed by atoms with van der Waals surface area (Å²) in [5.74, 6) is -0.458. The first-order chi connectivity index (χ1) is 19.8. The second kappa shape index (κ2) is 17.1. The first kappa shape index (κ1) is 34.3. The minimum atomic E-state index is -1.07. The molecule has 0 radical (unpaired) electrons. The molecule has 0 aliphatic rings. The summed E-state index contributed by atoms with van der Waals surface area (Å²) in [6, 6.07) is 12.0. The lowest BCUT2D eigenvalue weighted by Crippen LogP contribution is -2.39. The molecular weight excluding hydrogens is 542 g/mol. The number of carbonyl (C=O) groups excluding carboxylic acids is 4. The SMILES string of the molecule is CC(C)CCC(=O)Oc1ccc(C[C@H](N)C(=O)O[C@@H](C)[C@H](C)OC(=O)Oc2ccccc2)cc1OC(=O)CCC(C)C. The Hall–Kier alpha value is -3.92. The Morgan fingerprint density at radius 3 is 1.81 bits per heavy atom. The summed E-state index contributed by atoms with van der Waals surface area (Å²) in [5, 5.41) is 0. The summed E-state index contributed by atoms with van der Waals surface area (Å²) in [7, 11) is 0. The third-order valence-corrected chi connectivity index (χ3v) is 6.26. The minimum absolute atomic E-state index is 0.0506. The van der Waals surface area contributed by atoms with Gasteiger partial charge in [-0.15, -0.1) is 0 Å². The van der Waals surface area contributed by atoms with E-state index in [9.17, 15) is 19.2 Å². The van der Waals surface area contributed by atoms with Gasteiger partial charge in [-0.1, -0.05) is 52.0 Å². The highest BCUT2D eigenvalue weighted by atomic mass is 16.7. The summed E-state index contributed by atoms with van der Waals surface area (Å²) >= 11 is 0. The van der Waals surface area contributed by atoms with Crippen LogP contribution in [0.5, 0.6) is 17.2 Å². The van der Waals surface area contributed by atoms with E-state index in [1.807, 2.05) is 27.7 Å². The van der Waals surface area contributed by atoms with Crippen LogP contribution in [0.3, 0.4) is 0 Å². The van der Waals surface area contributed by atoms with Crippen LogP contribution < -0.4 is 19.9 Å². The third kappa shape index (κ3) is 12.7.